The number of nitrogens with zero attached hydrogens (tertiary/aromatic N) is 3. The van der Waals surface area contributed by atoms with Gasteiger partial charge in [0.2, 0.25) is 0 Å². The van der Waals surface area contributed by atoms with E-state index in [1.807, 2.05) is 12.3 Å². The van der Waals surface area contributed by atoms with Crippen molar-refractivity contribution in [2.24, 2.45) is 0 Å². The Kier molecular flexibility index (Phi) is 3.88. The minimum absolute atomic E-state index is 0.229. The van der Waals surface area contributed by atoms with Crippen molar-refractivity contribution in [3.05, 3.63) is 39.7 Å². The van der Waals surface area contributed by atoms with Crippen molar-refractivity contribution < 1.29 is 9.50 Å². The Morgan fingerprint density at radius 3 is 2.89 bits per heavy atom. The zero-order chi connectivity index (χ0) is 13.1. The standard InChI is InChI=1S/C12H14FN3OS/c1-8-15-10(7-18-8)5-16(2)12-11(13)9(6-17)3-4-14-12/h3-4,7,17H,5-6H2,1-2H3. The molecule has 0 aliphatic carbocycles. The number of halogens is 1. The lowest BCUT2D eigenvalue weighted by atomic mass is 10.2. The molecule has 0 aliphatic heterocycles. The molecular formula is C12H14FN3OS. The zero-order valence-electron chi connectivity index (χ0n) is 10.2. The van der Waals surface area contributed by atoms with Crippen LogP contribution < -0.4 is 4.90 Å². The first kappa shape index (κ1) is 12.9. The van der Waals surface area contributed by atoms with Gasteiger partial charge in [-0.2, -0.15) is 0 Å². The van der Waals surface area contributed by atoms with Gasteiger partial charge >= 0.3 is 0 Å². The summed E-state index contributed by atoms with van der Waals surface area (Å²) in [6, 6.07) is 1.47. The van der Waals surface area contributed by atoms with E-state index < -0.39 is 5.82 Å². The van der Waals surface area contributed by atoms with E-state index in [0.29, 0.717) is 6.54 Å². The second-order valence-corrected chi connectivity index (χ2v) is 5.04. The van der Waals surface area contributed by atoms with Crippen molar-refractivity contribution in [2.75, 3.05) is 11.9 Å². The third-order valence-electron chi connectivity index (χ3n) is 2.55. The molecule has 0 spiro atoms. The van der Waals surface area contributed by atoms with Crippen LogP contribution in [0.4, 0.5) is 10.2 Å². The molecule has 18 heavy (non-hydrogen) atoms. The van der Waals surface area contributed by atoms with Gasteiger partial charge in [-0.25, -0.2) is 14.4 Å². The number of rotatable bonds is 4. The predicted octanol–water partition coefficient (Wildman–Crippen LogP) is 2.11. The van der Waals surface area contributed by atoms with Gasteiger partial charge in [-0.1, -0.05) is 0 Å². The van der Waals surface area contributed by atoms with Crippen LogP contribution in [0, 0.1) is 12.7 Å². The first-order valence-electron chi connectivity index (χ1n) is 5.48. The summed E-state index contributed by atoms with van der Waals surface area (Å²) in [5, 5.41) is 11.9. The number of aromatic nitrogens is 2. The molecule has 0 saturated heterocycles. The monoisotopic (exact) mass is 267 g/mol. The van der Waals surface area contributed by atoms with Gasteiger partial charge in [-0.15, -0.1) is 11.3 Å². The number of pyridine rings is 1. The maximum atomic E-state index is 13.9. The van der Waals surface area contributed by atoms with E-state index in [0.717, 1.165) is 10.7 Å². The van der Waals surface area contributed by atoms with Crippen LogP contribution in [0.2, 0.25) is 0 Å². The number of thiazole rings is 1. The van der Waals surface area contributed by atoms with Gasteiger partial charge in [-0.05, 0) is 13.0 Å². The highest BCUT2D eigenvalue weighted by atomic mass is 32.1. The SMILES string of the molecule is Cc1nc(CN(C)c2nccc(CO)c2F)cs1. The van der Waals surface area contributed by atoms with Crippen molar-refractivity contribution in [3.63, 3.8) is 0 Å². The van der Waals surface area contributed by atoms with Crippen molar-refractivity contribution in [1.82, 2.24) is 9.97 Å². The van der Waals surface area contributed by atoms with Gasteiger partial charge in [0.05, 0.1) is 23.9 Å². The molecule has 6 heteroatoms. The summed E-state index contributed by atoms with van der Waals surface area (Å²) < 4.78 is 13.9. The molecule has 2 aromatic rings. The van der Waals surface area contributed by atoms with Gasteiger partial charge < -0.3 is 10.0 Å². The number of aryl methyl sites for hydroxylation is 1. The van der Waals surface area contributed by atoms with E-state index in [9.17, 15) is 4.39 Å². The molecule has 0 saturated carbocycles. The first-order valence-corrected chi connectivity index (χ1v) is 6.36. The molecular weight excluding hydrogens is 253 g/mol. The number of aliphatic hydroxyl groups is 1. The lowest BCUT2D eigenvalue weighted by molar-refractivity contribution is 0.275. The Labute approximate surface area is 109 Å². The molecule has 0 fully saturated rings. The largest absolute Gasteiger partial charge is 0.392 e. The molecule has 96 valence electrons. The molecule has 1 N–H and O–H groups in total. The van der Waals surface area contributed by atoms with Crippen LogP contribution >= 0.6 is 11.3 Å². The third kappa shape index (κ3) is 2.65. The normalized spacial score (nSPS) is 10.7. The summed E-state index contributed by atoms with van der Waals surface area (Å²) in [6.45, 7) is 2.09. The second-order valence-electron chi connectivity index (χ2n) is 3.98. The molecule has 0 aromatic carbocycles. The second kappa shape index (κ2) is 5.41. The van der Waals surface area contributed by atoms with Gasteiger partial charge in [0.1, 0.15) is 0 Å². The molecule has 0 amide bonds. The van der Waals surface area contributed by atoms with Crippen LogP contribution in [0.5, 0.6) is 0 Å². The molecule has 4 nitrogen and oxygen atoms in total. The molecule has 0 atom stereocenters. The highest BCUT2D eigenvalue weighted by Gasteiger charge is 2.14. The highest BCUT2D eigenvalue weighted by Crippen LogP contribution is 2.20. The number of anilines is 1. The number of aliphatic hydroxyl groups excluding tert-OH is 1. The van der Waals surface area contributed by atoms with E-state index in [1.54, 1.807) is 23.3 Å². The fraction of sp³-hybridized carbons (Fsp3) is 0.333. The Hall–Kier alpha value is -1.53. The van der Waals surface area contributed by atoms with Gasteiger partial charge in [0.25, 0.3) is 0 Å². The van der Waals surface area contributed by atoms with Crippen LogP contribution in [-0.2, 0) is 13.2 Å². The fourth-order valence-corrected chi connectivity index (χ4v) is 2.26. The maximum absolute atomic E-state index is 13.9. The van der Waals surface area contributed by atoms with Crippen molar-refractivity contribution >= 4 is 17.2 Å². The average Bonchev–Trinajstić information content (AvgIpc) is 2.75. The van der Waals surface area contributed by atoms with E-state index >= 15 is 0 Å². The summed E-state index contributed by atoms with van der Waals surface area (Å²) >= 11 is 1.56. The minimum atomic E-state index is -0.477. The van der Waals surface area contributed by atoms with Gasteiger partial charge in [0, 0.05) is 24.2 Å². The molecule has 2 aromatic heterocycles. The van der Waals surface area contributed by atoms with Crippen LogP contribution in [0.1, 0.15) is 16.3 Å². The van der Waals surface area contributed by atoms with E-state index in [-0.39, 0.29) is 18.0 Å². The smallest absolute Gasteiger partial charge is 0.171 e. The maximum Gasteiger partial charge on any atom is 0.171 e. The Morgan fingerprint density at radius 1 is 1.50 bits per heavy atom. The highest BCUT2D eigenvalue weighted by molar-refractivity contribution is 7.09. The summed E-state index contributed by atoms with van der Waals surface area (Å²) in [6.07, 6.45) is 1.49. The third-order valence-corrected chi connectivity index (χ3v) is 3.37. The van der Waals surface area contributed by atoms with Crippen molar-refractivity contribution in [3.8, 4) is 0 Å². The lowest BCUT2D eigenvalue weighted by Crippen LogP contribution is -2.20. The molecule has 0 aliphatic rings. The quantitative estimate of drug-likeness (QED) is 0.921. The molecule has 0 unspecified atom stereocenters. The molecule has 2 rings (SSSR count). The molecule has 0 radical (unpaired) electrons. The molecule has 2 heterocycles. The fourth-order valence-electron chi connectivity index (χ4n) is 1.66. The van der Waals surface area contributed by atoms with E-state index in [4.69, 9.17) is 5.11 Å². The van der Waals surface area contributed by atoms with Crippen LogP contribution in [0.3, 0.4) is 0 Å². The number of hydrogen-bond acceptors (Lipinski definition) is 5. The topological polar surface area (TPSA) is 49.2 Å². The lowest BCUT2D eigenvalue weighted by Gasteiger charge is -2.18. The zero-order valence-corrected chi connectivity index (χ0v) is 11.0. The van der Waals surface area contributed by atoms with Crippen LogP contribution in [-0.4, -0.2) is 22.1 Å². The average molecular weight is 267 g/mol. The summed E-state index contributed by atoms with van der Waals surface area (Å²) in [5.74, 6) is -0.248. The Bertz CT molecular complexity index is 544. The van der Waals surface area contributed by atoms with Crippen molar-refractivity contribution in [1.29, 1.82) is 0 Å². The van der Waals surface area contributed by atoms with Crippen LogP contribution in [0.15, 0.2) is 17.6 Å². The van der Waals surface area contributed by atoms with Gasteiger partial charge in [-0.3, -0.25) is 0 Å². The predicted molar refractivity (Wildman–Crippen MR) is 69.1 cm³/mol. The Balaban J connectivity index is 2.21. The summed E-state index contributed by atoms with van der Waals surface area (Å²) in [7, 11) is 1.75. The van der Waals surface area contributed by atoms with Crippen LogP contribution in [0.25, 0.3) is 0 Å². The molecule has 0 bridgehead atoms. The van der Waals surface area contributed by atoms with Gasteiger partial charge in [0.15, 0.2) is 11.6 Å². The van der Waals surface area contributed by atoms with E-state index in [2.05, 4.69) is 9.97 Å². The summed E-state index contributed by atoms with van der Waals surface area (Å²) in [5.41, 5.74) is 1.14. The van der Waals surface area contributed by atoms with Crippen molar-refractivity contribution in [2.45, 2.75) is 20.1 Å². The summed E-state index contributed by atoms with van der Waals surface area (Å²) in [4.78, 5) is 10.0. The first-order chi connectivity index (χ1) is 8.61. The van der Waals surface area contributed by atoms with E-state index in [1.165, 1.54) is 12.3 Å². The minimum Gasteiger partial charge on any atom is -0.392 e. The number of hydrogen-bond donors (Lipinski definition) is 1. The Morgan fingerprint density at radius 2 is 2.28 bits per heavy atom.